The number of aromatic amines is 1. The van der Waals surface area contributed by atoms with E-state index in [1.54, 1.807) is 18.2 Å². The number of ether oxygens (including phenoxy) is 1. The van der Waals surface area contributed by atoms with Gasteiger partial charge in [-0.3, -0.25) is 0 Å². The molecule has 0 aliphatic carbocycles. The van der Waals surface area contributed by atoms with E-state index in [4.69, 9.17) is 4.74 Å². The molecule has 0 amide bonds. The Labute approximate surface area is 147 Å². The van der Waals surface area contributed by atoms with E-state index < -0.39 is 12.1 Å². The minimum Gasteiger partial charge on any atom is -0.478 e. The van der Waals surface area contributed by atoms with Gasteiger partial charge in [-0.25, -0.2) is 9.59 Å². The van der Waals surface area contributed by atoms with Crippen LogP contribution in [-0.4, -0.2) is 22.0 Å². The molecule has 0 fully saturated rings. The van der Waals surface area contributed by atoms with Gasteiger partial charge in [-0.05, 0) is 23.6 Å². The monoisotopic (exact) mass is 343 g/mol. The number of cyclic esters (lactones) is 1. The standard InChI is InChI=1S/C21H13NO4/c23-20(24)15-9-3-6-12-10-16(22-18(12)15)19-13-7-1-4-11-5-2-8-14(17(11)13)21(25)26-19/h1-10,19,22H,(H,23,24)/t19-/m0/s1. The Morgan fingerprint density at radius 1 is 1.00 bits per heavy atom. The minimum atomic E-state index is -1.00. The number of nitrogens with one attached hydrogen (secondary N) is 1. The van der Waals surface area contributed by atoms with E-state index in [1.165, 1.54) is 0 Å². The number of hydrogen-bond donors (Lipinski definition) is 2. The van der Waals surface area contributed by atoms with Crippen molar-refractivity contribution in [3.05, 3.63) is 83.0 Å². The second kappa shape index (κ2) is 5.20. The Balaban J connectivity index is 1.76. The molecule has 126 valence electrons. The second-order valence-corrected chi connectivity index (χ2v) is 6.34. The van der Waals surface area contributed by atoms with Gasteiger partial charge in [-0.2, -0.15) is 0 Å². The van der Waals surface area contributed by atoms with Crippen LogP contribution in [0.1, 0.15) is 38.1 Å². The third-order valence-electron chi connectivity index (χ3n) is 4.85. The van der Waals surface area contributed by atoms with Gasteiger partial charge in [0.05, 0.1) is 22.3 Å². The third-order valence-corrected chi connectivity index (χ3v) is 4.85. The minimum absolute atomic E-state index is 0.189. The van der Waals surface area contributed by atoms with Crippen molar-refractivity contribution >= 4 is 33.6 Å². The van der Waals surface area contributed by atoms with Crippen LogP contribution in [0, 0.1) is 0 Å². The Hall–Kier alpha value is -3.60. The molecule has 0 unspecified atom stereocenters. The number of carboxylic acid groups (broad SMARTS) is 1. The van der Waals surface area contributed by atoms with Crippen molar-refractivity contribution < 1.29 is 19.4 Å². The van der Waals surface area contributed by atoms with Crippen LogP contribution < -0.4 is 0 Å². The van der Waals surface area contributed by atoms with Crippen LogP contribution in [0.15, 0.2) is 60.7 Å². The fourth-order valence-electron chi connectivity index (χ4n) is 3.72. The van der Waals surface area contributed by atoms with Crippen molar-refractivity contribution in [3.8, 4) is 0 Å². The molecule has 0 radical (unpaired) electrons. The molecule has 5 nitrogen and oxygen atoms in total. The van der Waals surface area contributed by atoms with Gasteiger partial charge in [0.1, 0.15) is 0 Å². The first-order chi connectivity index (χ1) is 12.6. The van der Waals surface area contributed by atoms with Crippen LogP contribution in [0.2, 0.25) is 0 Å². The molecule has 0 bridgehead atoms. The van der Waals surface area contributed by atoms with Crippen molar-refractivity contribution in [1.82, 2.24) is 4.98 Å². The Kier molecular flexibility index (Phi) is 2.94. The topological polar surface area (TPSA) is 79.4 Å². The number of rotatable bonds is 2. The number of hydrogen-bond acceptors (Lipinski definition) is 3. The highest BCUT2D eigenvalue weighted by Crippen LogP contribution is 2.39. The Bertz CT molecular complexity index is 1220. The number of carboxylic acids is 1. The maximum absolute atomic E-state index is 12.5. The smallest absolute Gasteiger partial charge is 0.339 e. The summed E-state index contributed by atoms with van der Waals surface area (Å²) in [6.45, 7) is 0. The average Bonchev–Trinajstić information content (AvgIpc) is 3.08. The van der Waals surface area contributed by atoms with E-state index >= 15 is 0 Å². The molecule has 1 atom stereocenters. The summed E-state index contributed by atoms with van der Waals surface area (Å²) >= 11 is 0. The summed E-state index contributed by atoms with van der Waals surface area (Å²) in [7, 11) is 0. The van der Waals surface area contributed by atoms with Crippen molar-refractivity contribution in [1.29, 1.82) is 0 Å². The Morgan fingerprint density at radius 3 is 2.54 bits per heavy atom. The van der Waals surface area contributed by atoms with Crippen molar-refractivity contribution in [2.45, 2.75) is 6.10 Å². The predicted molar refractivity (Wildman–Crippen MR) is 96.5 cm³/mol. The molecule has 5 heteroatoms. The number of aromatic carboxylic acids is 1. The molecule has 1 aliphatic heterocycles. The van der Waals surface area contributed by atoms with Crippen molar-refractivity contribution in [2.24, 2.45) is 0 Å². The number of carbonyl (C=O) groups is 2. The number of esters is 1. The molecule has 3 aromatic carbocycles. The van der Waals surface area contributed by atoms with Gasteiger partial charge in [-0.15, -0.1) is 0 Å². The van der Waals surface area contributed by atoms with Crippen LogP contribution >= 0.6 is 0 Å². The van der Waals surface area contributed by atoms with E-state index in [2.05, 4.69) is 4.98 Å². The van der Waals surface area contributed by atoms with Gasteiger partial charge in [-0.1, -0.05) is 42.5 Å². The number of fused-ring (bicyclic) bond motifs is 1. The molecular weight excluding hydrogens is 330 g/mol. The van der Waals surface area contributed by atoms with Crippen LogP contribution in [0.3, 0.4) is 0 Å². The largest absolute Gasteiger partial charge is 0.478 e. The third kappa shape index (κ3) is 1.97. The number of para-hydroxylation sites is 1. The summed E-state index contributed by atoms with van der Waals surface area (Å²) < 4.78 is 5.70. The summed E-state index contributed by atoms with van der Waals surface area (Å²) in [6.07, 6.45) is -0.602. The van der Waals surface area contributed by atoms with Gasteiger partial charge in [0.15, 0.2) is 6.10 Å². The average molecular weight is 343 g/mol. The second-order valence-electron chi connectivity index (χ2n) is 6.34. The first kappa shape index (κ1) is 14.7. The highest BCUT2D eigenvalue weighted by molar-refractivity contribution is 6.08. The van der Waals surface area contributed by atoms with E-state index in [-0.39, 0.29) is 11.5 Å². The molecule has 4 aromatic rings. The number of H-pyrrole nitrogens is 1. The zero-order chi connectivity index (χ0) is 17.8. The highest BCUT2D eigenvalue weighted by Gasteiger charge is 2.30. The molecule has 26 heavy (non-hydrogen) atoms. The zero-order valence-corrected chi connectivity index (χ0v) is 13.5. The van der Waals surface area contributed by atoms with Crippen LogP contribution in [0.4, 0.5) is 0 Å². The lowest BCUT2D eigenvalue weighted by Gasteiger charge is -2.25. The fourth-order valence-corrected chi connectivity index (χ4v) is 3.72. The maximum Gasteiger partial charge on any atom is 0.339 e. The van der Waals surface area contributed by atoms with Gasteiger partial charge < -0.3 is 14.8 Å². The van der Waals surface area contributed by atoms with E-state index in [1.807, 2.05) is 42.5 Å². The molecule has 0 spiro atoms. The number of benzene rings is 3. The fraction of sp³-hybridized carbons (Fsp3) is 0.0476. The van der Waals surface area contributed by atoms with Gasteiger partial charge in [0, 0.05) is 16.3 Å². The molecule has 2 heterocycles. The molecule has 0 saturated carbocycles. The first-order valence-corrected chi connectivity index (χ1v) is 8.21. The van der Waals surface area contributed by atoms with E-state index in [0.29, 0.717) is 16.8 Å². The highest BCUT2D eigenvalue weighted by atomic mass is 16.5. The molecule has 2 N–H and O–H groups in total. The van der Waals surface area contributed by atoms with Crippen LogP contribution in [-0.2, 0) is 4.74 Å². The van der Waals surface area contributed by atoms with Gasteiger partial charge in [0.2, 0.25) is 0 Å². The molecule has 5 rings (SSSR count). The van der Waals surface area contributed by atoms with Gasteiger partial charge in [0.25, 0.3) is 0 Å². The van der Waals surface area contributed by atoms with E-state index in [0.717, 1.165) is 21.7 Å². The molecule has 0 saturated heterocycles. The number of aromatic nitrogens is 1. The van der Waals surface area contributed by atoms with Gasteiger partial charge >= 0.3 is 11.9 Å². The summed E-state index contributed by atoms with van der Waals surface area (Å²) in [5.74, 6) is -1.38. The molecular formula is C21H13NO4. The summed E-state index contributed by atoms with van der Waals surface area (Å²) in [6, 6.07) is 18.3. The lowest BCUT2D eigenvalue weighted by atomic mass is 9.92. The normalized spacial score (nSPS) is 16.0. The van der Waals surface area contributed by atoms with Crippen molar-refractivity contribution in [3.63, 3.8) is 0 Å². The molecule has 1 aliphatic rings. The van der Waals surface area contributed by atoms with E-state index in [9.17, 15) is 14.7 Å². The van der Waals surface area contributed by atoms with Crippen molar-refractivity contribution in [2.75, 3.05) is 0 Å². The summed E-state index contributed by atoms with van der Waals surface area (Å²) in [5, 5.41) is 12.0. The quantitative estimate of drug-likeness (QED) is 0.533. The lowest BCUT2D eigenvalue weighted by Crippen LogP contribution is -2.19. The number of carbonyl (C=O) groups excluding carboxylic acids is 1. The predicted octanol–water partition coefficient (Wildman–Crippen LogP) is 4.28. The summed E-state index contributed by atoms with van der Waals surface area (Å²) in [5.41, 5.74) is 2.81. The first-order valence-electron chi connectivity index (χ1n) is 8.21. The van der Waals surface area contributed by atoms with Crippen LogP contribution in [0.25, 0.3) is 21.7 Å². The Morgan fingerprint density at radius 2 is 1.73 bits per heavy atom. The zero-order valence-electron chi connectivity index (χ0n) is 13.5. The van der Waals surface area contributed by atoms with Crippen LogP contribution in [0.5, 0.6) is 0 Å². The summed E-state index contributed by atoms with van der Waals surface area (Å²) in [4.78, 5) is 27.1. The maximum atomic E-state index is 12.5. The molecule has 1 aromatic heterocycles. The SMILES string of the molecule is O=C(O)c1cccc2cc([C@H]3OC(=O)c4cccc5cccc3c45)[nH]c12. The lowest BCUT2D eigenvalue weighted by molar-refractivity contribution is 0.0359.